The minimum atomic E-state index is -0.247. The molecular formula is C24H27N5O2. The van der Waals surface area contributed by atoms with Crippen molar-refractivity contribution in [3.05, 3.63) is 60.6 Å². The lowest BCUT2D eigenvalue weighted by atomic mass is 9.91. The first-order valence-electron chi connectivity index (χ1n) is 10.8. The fourth-order valence-electron chi connectivity index (χ4n) is 4.39. The van der Waals surface area contributed by atoms with Gasteiger partial charge in [0, 0.05) is 18.3 Å². The predicted octanol–water partition coefficient (Wildman–Crippen LogP) is 4.48. The SMILES string of the molecule is CN(Cc1nc2cc(Oc3ccc(-c4ccn[nH]4)cc3)ccc2[nH]1)C1CCCCC1O. The van der Waals surface area contributed by atoms with Crippen molar-refractivity contribution < 1.29 is 9.84 Å². The zero-order valence-electron chi connectivity index (χ0n) is 17.6. The van der Waals surface area contributed by atoms with Crippen LogP contribution in [0.4, 0.5) is 0 Å². The number of H-pyrrole nitrogens is 2. The molecule has 0 spiro atoms. The molecule has 2 heterocycles. The summed E-state index contributed by atoms with van der Waals surface area (Å²) in [5.41, 5.74) is 3.89. The van der Waals surface area contributed by atoms with E-state index in [9.17, 15) is 5.11 Å². The zero-order chi connectivity index (χ0) is 21.2. The van der Waals surface area contributed by atoms with Crippen molar-refractivity contribution in [2.75, 3.05) is 7.05 Å². The second-order valence-corrected chi connectivity index (χ2v) is 8.29. The van der Waals surface area contributed by atoms with Gasteiger partial charge in [0.25, 0.3) is 0 Å². The maximum Gasteiger partial charge on any atom is 0.129 e. The van der Waals surface area contributed by atoms with Crippen LogP contribution in [0.5, 0.6) is 11.5 Å². The van der Waals surface area contributed by atoms with Crippen molar-refractivity contribution in [3.63, 3.8) is 0 Å². The molecule has 31 heavy (non-hydrogen) atoms. The molecule has 0 radical (unpaired) electrons. The van der Waals surface area contributed by atoms with Gasteiger partial charge in [-0.2, -0.15) is 5.10 Å². The molecule has 7 nitrogen and oxygen atoms in total. The van der Waals surface area contributed by atoms with Gasteiger partial charge in [-0.15, -0.1) is 0 Å². The summed E-state index contributed by atoms with van der Waals surface area (Å²) < 4.78 is 6.04. The molecule has 160 valence electrons. The Bertz CT molecular complexity index is 1140. The molecule has 1 aliphatic carbocycles. The summed E-state index contributed by atoms with van der Waals surface area (Å²) in [5, 5.41) is 17.3. The Balaban J connectivity index is 1.28. The topological polar surface area (TPSA) is 90.1 Å². The molecule has 2 atom stereocenters. The van der Waals surface area contributed by atoms with Gasteiger partial charge in [-0.3, -0.25) is 10.00 Å². The van der Waals surface area contributed by atoms with Crippen LogP contribution >= 0.6 is 0 Å². The number of hydrogen-bond acceptors (Lipinski definition) is 5. The van der Waals surface area contributed by atoms with Crippen LogP contribution in [0.1, 0.15) is 31.5 Å². The van der Waals surface area contributed by atoms with E-state index in [2.05, 4.69) is 27.1 Å². The Labute approximate surface area is 181 Å². The number of imidazole rings is 1. The number of aliphatic hydroxyl groups is 1. The highest BCUT2D eigenvalue weighted by atomic mass is 16.5. The first kappa shape index (κ1) is 19.8. The van der Waals surface area contributed by atoms with Gasteiger partial charge in [-0.05, 0) is 67.9 Å². The molecule has 0 aliphatic heterocycles. The van der Waals surface area contributed by atoms with Crippen molar-refractivity contribution in [3.8, 4) is 22.8 Å². The van der Waals surface area contributed by atoms with E-state index in [1.54, 1.807) is 6.20 Å². The Morgan fingerprint density at radius 2 is 1.87 bits per heavy atom. The number of fused-ring (bicyclic) bond motifs is 1. The summed E-state index contributed by atoms with van der Waals surface area (Å²) >= 11 is 0. The van der Waals surface area contributed by atoms with Crippen molar-refractivity contribution >= 4 is 11.0 Å². The predicted molar refractivity (Wildman–Crippen MR) is 120 cm³/mol. The van der Waals surface area contributed by atoms with E-state index in [0.29, 0.717) is 6.54 Å². The van der Waals surface area contributed by atoms with Gasteiger partial charge in [0.15, 0.2) is 0 Å². The van der Waals surface area contributed by atoms with E-state index in [0.717, 1.165) is 58.9 Å². The van der Waals surface area contributed by atoms with Crippen molar-refractivity contribution in [2.45, 2.75) is 44.4 Å². The third kappa shape index (κ3) is 4.33. The molecule has 0 bridgehead atoms. The monoisotopic (exact) mass is 417 g/mol. The number of hydrogen-bond donors (Lipinski definition) is 3. The molecule has 2 aromatic heterocycles. The number of nitrogens with zero attached hydrogens (tertiary/aromatic N) is 3. The minimum Gasteiger partial charge on any atom is -0.457 e. The van der Waals surface area contributed by atoms with E-state index >= 15 is 0 Å². The number of likely N-dealkylation sites (N-methyl/N-ethyl adjacent to an activating group) is 1. The molecule has 0 amide bonds. The van der Waals surface area contributed by atoms with Crippen LogP contribution in [0, 0.1) is 0 Å². The number of aromatic amines is 2. The summed E-state index contributed by atoms with van der Waals surface area (Å²) in [6.07, 6.45) is 5.71. The van der Waals surface area contributed by atoms with Crippen LogP contribution in [0.15, 0.2) is 54.7 Å². The summed E-state index contributed by atoms with van der Waals surface area (Å²) in [6, 6.07) is 15.9. The molecule has 3 N–H and O–H groups in total. The summed E-state index contributed by atoms with van der Waals surface area (Å²) in [4.78, 5) is 10.4. The maximum absolute atomic E-state index is 10.3. The first-order chi connectivity index (χ1) is 15.2. The van der Waals surface area contributed by atoms with E-state index in [1.165, 1.54) is 6.42 Å². The molecular weight excluding hydrogens is 390 g/mol. The van der Waals surface area contributed by atoms with Crippen LogP contribution in [-0.2, 0) is 6.54 Å². The average molecular weight is 418 g/mol. The third-order valence-electron chi connectivity index (χ3n) is 6.06. The van der Waals surface area contributed by atoms with E-state index < -0.39 is 0 Å². The standard InChI is InChI=1S/C24H27N5O2/c1-29(22-4-2-3-5-23(22)30)15-24-26-20-11-10-18(14-21(20)27-24)31-17-8-6-16(7-9-17)19-12-13-25-28-19/h6-14,22-23,30H,2-5,15H2,1H3,(H,25,28)(H,26,27). The summed E-state index contributed by atoms with van der Waals surface area (Å²) in [7, 11) is 2.06. The fraction of sp³-hybridized carbons (Fsp3) is 0.333. The smallest absolute Gasteiger partial charge is 0.129 e. The molecule has 0 saturated heterocycles. The second-order valence-electron chi connectivity index (χ2n) is 8.29. The van der Waals surface area contributed by atoms with Crippen LogP contribution in [0.2, 0.25) is 0 Å². The lowest BCUT2D eigenvalue weighted by Gasteiger charge is -2.34. The Morgan fingerprint density at radius 3 is 2.65 bits per heavy atom. The average Bonchev–Trinajstić information content (AvgIpc) is 3.44. The zero-order valence-corrected chi connectivity index (χ0v) is 17.6. The molecule has 1 fully saturated rings. The molecule has 2 unspecified atom stereocenters. The number of nitrogens with one attached hydrogen (secondary N) is 2. The Morgan fingerprint density at radius 1 is 1.06 bits per heavy atom. The summed E-state index contributed by atoms with van der Waals surface area (Å²) in [6.45, 7) is 0.682. The van der Waals surface area contributed by atoms with Gasteiger partial charge in [0.1, 0.15) is 17.3 Å². The maximum atomic E-state index is 10.3. The number of rotatable bonds is 6. The largest absolute Gasteiger partial charge is 0.457 e. The van der Waals surface area contributed by atoms with E-state index in [-0.39, 0.29) is 12.1 Å². The Hall–Kier alpha value is -3.16. The quantitative estimate of drug-likeness (QED) is 0.430. The van der Waals surface area contributed by atoms with E-state index in [1.807, 2.05) is 48.5 Å². The first-order valence-corrected chi connectivity index (χ1v) is 10.8. The van der Waals surface area contributed by atoms with Gasteiger partial charge in [-0.25, -0.2) is 4.98 Å². The molecule has 4 aromatic rings. The fourth-order valence-corrected chi connectivity index (χ4v) is 4.39. The highest BCUT2D eigenvalue weighted by molar-refractivity contribution is 5.77. The summed E-state index contributed by atoms with van der Waals surface area (Å²) in [5.74, 6) is 2.41. The third-order valence-corrected chi connectivity index (χ3v) is 6.06. The highest BCUT2D eigenvalue weighted by Crippen LogP contribution is 2.28. The van der Waals surface area contributed by atoms with Crippen molar-refractivity contribution in [1.82, 2.24) is 25.1 Å². The molecule has 2 aromatic carbocycles. The van der Waals surface area contributed by atoms with Gasteiger partial charge in [0.2, 0.25) is 0 Å². The molecule has 5 rings (SSSR count). The highest BCUT2D eigenvalue weighted by Gasteiger charge is 2.27. The molecule has 7 heteroatoms. The van der Waals surface area contributed by atoms with Gasteiger partial charge in [-0.1, -0.05) is 12.8 Å². The van der Waals surface area contributed by atoms with Crippen molar-refractivity contribution in [1.29, 1.82) is 0 Å². The number of aliphatic hydroxyl groups excluding tert-OH is 1. The Kier molecular flexibility index (Phi) is 5.44. The lowest BCUT2D eigenvalue weighted by molar-refractivity contribution is 0.0279. The van der Waals surface area contributed by atoms with E-state index in [4.69, 9.17) is 9.72 Å². The van der Waals surface area contributed by atoms with Crippen LogP contribution < -0.4 is 4.74 Å². The van der Waals surface area contributed by atoms with Crippen molar-refractivity contribution in [2.24, 2.45) is 0 Å². The van der Waals surface area contributed by atoms with Gasteiger partial charge < -0.3 is 14.8 Å². The van der Waals surface area contributed by atoms with Gasteiger partial charge >= 0.3 is 0 Å². The minimum absolute atomic E-state index is 0.200. The van der Waals surface area contributed by atoms with Crippen LogP contribution in [0.25, 0.3) is 22.3 Å². The van der Waals surface area contributed by atoms with Crippen LogP contribution in [-0.4, -0.2) is 49.4 Å². The number of benzene rings is 2. The molecule has 1 aliphatic rings. The lowest BCUT2D eigenvalue weighted by Crippen LogP contribution is -2.43. The second kappa shape index (κ2) is 8.53. The molecule has 1 saturated carbocycles. The van der Waals surface area contributed by atoms with Gasteiger partial charge in [0.05, 0.1) is 29.4 Å². The number of ether oxygens (including phenoxy) is 1. The number of aromatic nitrogens is 4. The normalized spacial score (nSPS) is 19.2. The van der Waals surface area contributed by atoms with Crippen LogP contribution in [0.3, 0.4) is 0 Å².